The summed E-state index contributed by atoms with van der Waals surface area (Å²) in [5.41, 5.74) is 2.38. The molecule has 2 aliphatic heterocycles. The lowest BCUT2D eigenvalue weighted by Gasteiger charge is -2.43. The molecule has 0 aliphatic carbocycles. The Morgan fingerprint density at radius 3 is 2.70 bits per heavy atom. The summed E-state index contributed by atoms with van der Waals surface area (Å²) in [4.78, 5) is 29.1. The van der Waals surface area contributed by atoms with Crippen molar-refractivity contribution in [2.45, 2.75) is 78.7 Å². The molecule has 1 N–H and O–H groups in total. The molecule has 2 fully saturated rings. The molecule has 2 amide bonds. The van der Waals surface area contributed by atoms with Gasteiger partial charge in [0.25, 0.3) is 0 Å². The van der Waals surface area contributed by atoms with Crippen molar-refractivity contribution in [3.63, 3.8) is 0 Å². The van der Waals surface area contributed by atoms with E-state index in [1.54, 1.807) is 6.92 Å². The molecule has 7 nitrogen and oxygen atoms in total. The molecule has 2 aliphatic rings. The number of nitrogens with zero attached hydrogens (tertiary/aromatic N) is 4. The summed E-state index contributed by atoms with van der Waals surface area (Å²) in [6.07, 6.45) is 3.63. The SMILES string of the molecule is CCn1ncc(CN2CC3CC(NC(C)=O)CN3C(=O)C2CC(C)C)c1C. The fraction of sp³-hybridized carbons (Fsp3) is 0.750. The summed E-state index contributed by atoms with van der Waals surface area (Å²) >= 11 is 0. The number of hydrogen-bond acceptors (Lipinski definition) is 4. The van der Waals surface area contributed by atoms with Crippen molar-refractivity contribution in [3.8, 4) is 0 Å². The van der Waals surface area contributed by atoms with Crippen LogP contribution in [0.15, 0.2) is 6.20 Å². The van der Waals surface area contributed by atoms with Gasteiger partial charge in [0, 0.05) is 56.4 Å². The highest BCUT2D eigenvalue weighted by atomic mass is 16.2. The molecule has 0 radical (unpaired) electrons. The number of hydrogen-bond donors (Lipinski definition) is 1. The molecular weight excluding hydrogens is 342 g/mol. The molecule has 0 spiro atoms. The Labute approximate surface area is 162 Å². The number of fused-ring (bicyclic) bond motifs is 1. The molecule has 2 saturated heterocycles. The van der Waals surface area contributed by atoms with Crippen LogP contribution in [0.5, 0.6) is 0 Å². The van der Waals surface area contributed by atoms with Gasteiger partial charge in [-0.1, -0.05) is 13.8 Å². The molecule has 0 bridgehead atoms. The molecule has 3 heterocycles. The highest BCUT2D eigenvalue weighted by molar-refractivity contribution is 5.83. The van der Waals surface area contributed by atoms with Gasteiger partial charge < -0.3 is 10.2 Å². The Kier molecular flexibility index (Phi) is 5.89. The van der Waals surface area contributed by atoms with E-state index >= 15 is 0 Å². The molecule has 3 rings (SSSR count). The van der Waals surface area contributed by atoms with Crippen LogP contribution in [0.1, 0.15) is 51.8 Å². The van der Waals surface area contributed by atoms with Gasteiger partial charge in [-0.3, -0.25) is 19.2 Å². The van der Waals surface area contributed by atoms with Crippen LogP contribution >= 0.6 is 0 Å². The van der Waals surface area contributed by atoms with E-state index in [1.807, 2.05) is 15.8 Å². The summed E-state index contributed by atoms with van der Waals surface area (Å²) in [5, 5.41) is 7.46. The van der Waals surface area contributed by atoms with Crippen molar-refractivity contribution in [3.05, 3.63) is 17.5 Å². The predicted octanol–water partition coefficient (Wildman–Crippen LogP) is 1.55. The molecular formula is C20H33N5O2. The van der Waals surface area contributed by atoms with Gasteiger partial charge in [0.1, 0.15) is 0 Å². The quantitative estimate of drug-likeness (QED) is 0.819. The molecule has 3 unspecified atom stereocenters. The Morgan fingerprint density at radius 1 is 1.37 bits per heavy atom. The van der Waals surface area contributed by atoms with Crippen LogP contribution in [0.4, 0.5) is 0 Å². The fourth-order valence-corrected chi connectivity index (χ4v) is 4.55. The van der Waals surface area contributed by atoms with E-state index in [9.17, 15) is 9.59 Å². The summed E-state index contributed by atoms with van der Waals surface area (Å²) in [5.74, 6) is 0.644. The number of aromatic nitrogens is 2. The topological polar surface area (TPSA) is 70.5 Å². The molecule has 150 valence electrons. The summed E-state index contributed by atoms with van der Waals surface area (Å²) in [7, 11) is 0. The number of carbonyl (C=O) groups excluding carboxylic acids is 2. The van der Waals surface area contributed by atoms with Gasteiger partial charge >= 0.3 is 0 Å². The zero-order valence-electron chi connectivity index (χ0n) is 17.2. The highest BCUT2D eigenvalue weighted by Crippen LogP contribution is 2.30. The molecule has 0 aromatic carbocycles. The average molecular weight is 376 g/mol. The van der Waals surface area contributed by atoms with Crippen molar-refractivity contribution in [2.24, 2.45) is 5.92 Å². The van der Waals surface area contributed by atoms with E-state index in [4.69, 9.17) is 0 Å². The van der Waals surface area contributed by atoms with E-state index in [-0.39, 0.29) is 29.9 Å². The van der Waals surface area contributed by atoms with Gasteiger partial charge in [-0.15, -0.1) is 0 Å². The van der Waals surface area contributed by atoms with Crippen molar-refractivity contribution < 1.29 is 9.59 Å². The third kappa shape index (κ3) is 4.18. The average Bonchev–Trinajstić information content (AvgIpc) is 3.14. The first-order valence-corrected chi connectivity index (χ1v) is 10.1. The summed E-state index contributed by atoms with van der Waals surface area (Å²) in [6, 6.07) is 0.154. The van der Waals surface area contributed by atoms with E-state index < -0.39 is 0 Å². The highest BCUT2D eigenvalue weighted by Gasteiger charge is 2.45. The van der Waals surface area contributed by atoms with Gasteiger partial charge in [-0.05, 0) is 32.6 Å². The maximum absolute atomic E-state index is 13.3. The van der Waals surface area contributed by atoms with Crippen molar-refractivity contribution in [1.29, 1.82) is 0 Å². The minimum Gasteiger partial charge on any atom is -0.352 e. The van der Waals surface area contributed by atoms with Gasteiger partial charge in [-0.2, -0.15) is 5.10 Å². The van der Waals surface area contributed by atoms with Crippen LogP contribution in [0.25, 0.3) is 0 Å². The fourth-order valence-electron chi connectivity index (χ4n) is 4.55. The van der Waals surface area contributed by atoms with E-state index in [2.05, 4.69) is 43.0 Å². The van der Waals surface area contributed by atoms with Crippen LogP contribution in [0.2, 0.25) is 0 Å². The van der Waals surface area contributed by atoms with Gasteiger partial charge in [0.2, 0.25) is 11.8 Å². The molecule has 0 saturated carbocycles. The number of piperazine rings is 1. The zero-order valence-corrected chi connectivity index (χ0v) is 17.2. The smallest absolute Gasteiger partial charge is 0.240 e. The standard InChI is InChI=1S/C20H33N5O2/c1-6-25-14(4)16(9-21-25)10-23-12-18-8-17(22-15(5)26)11-24(18)20(27)19(23)7-13(2)3/h9,13,17-19H,6-8,10-12H2,1-5H3,(H,22,26). The number of rotatable bonds is 6. The van der Waals surface area contributed by atoms with Gasteiger partial charge in [-0.25, -0.2) is 0 Å². The Balaban J connectivity index is 1.79. The Hall–Kier alpha value is -1.89. The van der Waals surface area contributed by atoms with Crippen molar-refractivity contribution in [1.82, 2.24) is 24.9 Å². The van der Waals surface area contributed by atoms with Crippen LogP contribution in [-0.2, 0) is 22.7 Å². The first kappa shape index (κ1) is 19.9. The third-order valence-electron chi connectivity index (χ3n) is 5.85. The largest absolute Gasteiger partial charge is 0.352 e. The Morgan fingerprint density at radius 2 is 2.11 bits per heavy atom. The van der Waals surface area contributed by atoms with E-state index in [1.165, 1.54) is 11.3 Å². The number of amides is 2. The normalized spacial score (nSPS) is 25.9. The second kappa shape index (κ2) is 8.00. The minimum atomic E-state index is -0.0956. The first-order valence-electron chi connectivity index (χ1n) is 10.1. The lowest BCUT2D eigenvalue weighted by Crippen LogP contribution is -2.59. The molecule has 1 aromatic heterocycles. The second-order valence-electron chi connectivity index (χ2n) is 8.42. The van der Waals surface area contributed by atoms with E-state index in [0.717, 1.165) is 32.5 Å². The van der Waals surface area contributed by atoms with Crippen LogP contribution in [-0.4, -0.2) is 62.6 Å². The molecule has 3 atom stereocenters. The predicted molar refractivity (Wildman–Crippen MR) is 104 cm³/mol. The van der Waals surface area contributed by atoms with Crippen LogP contribution in [0.3, 0.4) is 0 Å². The lowest BCUT2D eigenvalue weighted by atomic mass is 9.96. The molecule has 27 heavy (non-hydrogen) atoms. The summed E-state index contributed by atoms with van der Waals surface area (Å²) in [6.45, 7) is 13.2. The first-order chi connectivity index (χ1) is 12.8. The van der Waals surface area contributed by atoms with Crippen molar-refractivity contribution >= 4 is 11.8 Å². The Bertz CT molecular complexity index is 699. The second-order valence-corrected chi connectivity index (χ2v) is 8.42. The van der Waals surface area contributed by atoms with Crippen LogP contribution < -0.4 is 5.32 Å². The monoisotopic (exact) mass is 375 g/mol. The maximum Gasteiger partial charge on any atom is 0.240 e. The third-order valence-corrected chi connectivity index (χ3v) is 5.85. The van der Waals surface area contributed by atoms with Gasteiger partial charge in [0.15, 0.2) is 0 Å². The number of aryl methyl sites for hydroxylation is 1. The zero-order chi connectivity index (χ0) is 19.7. The minimum absolute atomic E-state index is 0.0227. The van der Waals surface area contributed by atoms with E-state index in [0.29, 0.717) is 12.5 Å². The molecule has 1 aromatic rings. The lowest BCUT2D eigenvalue weighted by molar-refractivity contribution is -0.145. The number of nitrogens with one attached hydrogen (secondary N) is 1. The van der Waals surface area contributed by atoms with Gasteiger partial charge in [0.05, 0.1) is 12.2 Å². The maximum atomic E-state index is 13.3. The number of carbonyl (C=O) groups is 2. The van der Waals surface area contributed by atoms with Crippen LogP contribution in [0, 0.1) is 12.8 Å². The molecule has 7 heteroatoms. The summed E-state index contributed by atoms with van der Waals surface area (Å²) < 4.78 is 2.01. The van der Waals surface area contributed by atoms with Crippen molar-refractivity contribution in [2.75, 3.05) is 13.1 Å².